The van der Waals surface area contributed by atoms with Gasteiger partial charge in [0, 0.05) is 25.4 Å². The highest BCUT2D eigenvalue weighted by atomic mass is 16.5. The number of allylic oxidation sites excluding steroid dienone is 1. The van der Waals surface area contributed by atoms with Crippen molar-refractivity contribution in [2.75, 3.05) is 13.6 Å². The molecule has 0 aromatic heterocycles. The van der Waals surface area contributed by atoms with Crippen LogP contribution in [0.2, 0.25) is 0 Å². The number of hydrogen-bond acceptors (Lipinski definition) is 3. The van der Waals surface area contributed by atoms with Gasteiger partial charge in [-0.3, -0.25) is 4.79 Å². The topological polar surface area (TPSA) is 29.5 Å². The number of nitrogens with zero attached hydrogens (tertiary/aromatic N) is 1. The summed E-state index contributed by atoms with van der Waals surface area (Å²) < 4.78 is 6.99. The van der Waals surface area contributed by atoms with Crippen LogP contribution in [0, 0.1) is 35.0 Å². The van der Waals surface area contributed by atoms with E-state index in [4.69, 9.17) is 4.74 Å². The predicted molar refractivity (Wildman–Crippen MR) is 124 cm³/mol. The van der Waals surface area contributed by atoms with Crippen molar-refractivity contribution in [3.05, 3.63) is 11.1 Å². The predicted octanol–water partition coefficient (Wildman–Crippen LogP) is 5.78. The van der Waals surface area contributed by atoms with E-state index in [0.717, 1.165) is 42.9 Å². The lowest BCUT2D eigenvalue weighted by atomic mass is 9.52. The second kappa shape index (κ2) is 7.16. The van der Waals surface area contributed by atoms with Crippen LogP contribution in [-0.4, -0.2) is 42.0 Å². The molecule has 2 heterocycles. The van der Waals surface area contributed by atoms with Crippen molar-refractivity contribution in [3.63, 3.8) is 0 Å². The molecule has 2 saturated heterocycles. The summed E-state index contributed by atoms with van der Waals surface area (Å²) in [6, 6.07) is 0.633. The Hall–Kier alpha value is -0.670. The molecule has 0 aromatic rings. The molecule has 172 valence electrons. The largest absolute Gasteiger partial charge is 0.370 e. The number of Topliss-reactive ketones (excluding diaryl/α,β-unsaturated/α-hetero) is 1. The first-order chi connectivity index (χ1) is 14.8. The van der Waals surface area contributed by atoms with Gasteiger partial charge in [-0.1, -0.05) is 25.0 Å². The minimum absolute atomic E-state index is 0.100. The molecule has 0 aromatic carbocycles. The van der Waals surface area contributed by atoms with E-state index in [1.54, 1.807) is 5.57 Å². The first kappa shape index (κ1) is 20.9. The zero-order valence-electron chi connectivity index (χ0n) is 20.3. The standard InChI is InChI=1S/C28H43NO2/c1-17-11-26-25(29(4)16-17)15-28(31-26)10-8-21-22-6-5-19-12-20(30)7-9-27(19,3)24(22)13-23(21)18(2)14-28/h17,19,21-22,24-26H,5-16H2,1-4H3. The summed E-state index contributed by atoms with van der Waals surface area (Å²) in [4.78, 5) is 14.8. The second-order valence-corrected chi connectivity index (χ2v) is 13.0. The summed E-state index contributed by atoms with van der Waals surface area (Å²) in [7, 11) is 2.32. The smallest absolute Gasteiger partial charge is 0.133 e. The molecular formula is C28H43NO2. The van der Waals surface area contributed by atoms with Gasteiger partial charge in [-0.15, -0.1) is 0 Å². The van der Waals surface area contributed by atoms with Gasteiger partial charge in [0.15, 0.2) is 0 Å². The Morgan fingerprint density at radius 2 is 1.97 bits per heavy atom. The average Bonchev–Trinajstić information content (AvgIpc) is 3.23. The summed E-state index contributed by atoms with van der Waals surface area (Å²) in [5, 5.41) is 0. The lowest BCUT2D eigenvalue weighted by molar-refractivity contribution is -0.129. The molecule has 4 aliphatic carbocycles. The fourth-order valence-electron chi connectivity index (χ4n) is 9.70. The van der Waals surface area contributed by atoms with Crippen molar-refractivity contribution >= 4 is 5.78 Å². The van der Waals surface area contributed by atoms with Gasteiger partial charge in [-0.05, 0) is 107 Å². The minimum Gasteiger partial charge on any atom is -0.370 e. The summed E-state index contributed by atoms with van der Waals surface area (Å²) in [5.41, 5.74) is 4.01. The van der Waals surface area contributed by atoms with E-state index in [1.165, 1.54) is 57.9 Å². The third-order valence-corrected chi connectivity index (χ3v) is 11.2. The summed E-state index contributed by atoms with van der Waals surface area (Å²) in [6.07, 6.45) is 13.5. The summed E-state index contributed by atoms with van der Waals surface area (Å²) in [6.45, 7) is 8.64. The molecule has 0 amide bonds. The Balaban J connectivity index is 1.26. The molecule has 3 saturated carbocycles. The number of fused-ring (bicyclic) bond motifs is 6. The Labute approximate surface area is 189 Å². The van der Waals surface area contributed by atoms with E-state index >= 15 is 0 Å². The van der Waals surface area contributed by atoms with Gasteiger partial charge in [-0.25, -0.2) is 0 Å². The van der Waals surface area contributed by atoms with E-state index in [-0.39, 0.29) is 5.60 Å². The maximum absolute atomic E-state index is 12.2. The number of carbonyl (C=O) groups excluding carboxylic acids is 1. The quantitative estimate of drug-likeness (QED) is 0.461. The molecule has 0 bridgehead atoms. The van der Waals surface area contributed by atoms with Crippen LogP contribution in [0.3, 0.4) is 0 Å². The SMILES string of the molecule is CC1=C2CC3C(CCC4CC(=O)CCC43C)C2CCC2(C1)CC1C(CC(C)CN1C)O2. The Morgan fingerprint density at radius 1 is 1.13 bits per heavy atom. The van der Waals surface area contributed by atoms with Gasteiger partial charge in [0.05, 0.1) is 11.7 Å². The number of piperidine rings is 1. The number of ether oxygens (including phenoxy) is 1. The Kier molecular flexibility index (Phi) is 4.83. The van der Waals surface area contributed by atoms with E-state index in [2.05, 4.69) is 32.7 Å². The molecule has 31 heavy (non-hydrogen) atoms. The van der Waals surface area contributed by atoms with Crippen LogP contribution < -0.4 is 0 Å². The molecule has 3 heteroatoms. The molecule has 9 unspecified atom stereocenters. The van der Waals surface area contributed by atoms with Gasteiger partial charge in [-0.2, -0.15) is 0 Å². The summed E-state index contributed by atoms with van der Waals surface area (Å²) >= 11 is 0. The van der Waals surface area contributed by atoms with Crippen molar-refractivity contribution in [1.29, 1.82) is 0 Å². The number of likely N-dealkylation sites (tertiary alicyclic amines) is 1. The zero-order valence-corrected chi connectivity index (χ0v) is 20.3. The van der Waals surface area contributed by atoms with Gasteiger partial charge >= 0.3 is 0 Å². The van der Waals surface area contributed by atoms with Crippen LogP contribution in [0.25, 0.3) is 0 Å². The van der Waals surface area contributed by atoms with Gasteiger partial charge in [0.1, 0.15) is 5.78 Å². The zero-order chi connectivity index (χ0) is 21.5. The summed E-state index contributed by atoms with van der Waals surface area (Å²) in [5.74, 6) is 4.42. The fourth-order valence-corrected chi connectivity index (χ4v) is 9.70. The number of likely N-dealkylation sites (N-methyl/N-ethyl adjacent to an activating group) is 1. The Morgan fingerprint density at radius 3 is 2.81 bits per heavy atom. The van der Waals surface area contributed by atoms with E-state index < -0.39 is 0 Å². The molecule has 1 spiro atoms. The molecule has 9 atom stereocenters. The lowest BCUT2D eigenvalue weighted by Gasteiger charge is -2.52. The van der Waals surface area contributed by atoms with Crippen LogP contribution >= 0.6 is 0 Å². The number of carbonyl (C=O) groups is 1. The molecule has 0 N–H and O–H groups in total. The first-order valence-electron chi connectivity index (χ1n) is 13.4. The molecule has 2 aliphatic heterocycles. The number of rotatable bonds is 0. The van der Waals surface area contributed by atoms with E-state index in [1.807, 2.05) is 5.57 Å². The van der Waals surface area contributed by atoms with Gasteiger partial charge in [0.2, 0.25) is 0 Å². The monoisotopic (exact) mass is 425 g/mol. The normalized spacial score (nSPS) is 52.5. The van der Waals surface area contributed by atoms with Crippen molar-refractivity contribution in [3.8, 4) is 0 Å². The molecule has 3 nitrogen and oxygen atoms in total. The first-order valence-corrected chi connectivity index (χ1v) is 13.4. The maximum Gasteiger partial charge on any atom is 0.133 e. The molecule has 6 rings (SSSR count). The molecular weight excluding hydrogens is 382 g/mol. The van der Waals surface area contributed by atoms with Gasteiger partial charge < -0.3 is 9.64 Å². The number of ketones is 1. The van der Waals surface area contributed by atoms with Crippen LogP contribution in [0.15, 0.2) is 11.1 Å². The third kappa shape index (κ3) is 3.15. The number of hydrogen-bond donors (Lipinski definition) is 0. The minimum atomic E-state index is 0.100. The van der Waals surface area contributed by atoms with Crippen molar-refractivity contribution in [1.82, 2.24) is 4.90 Å². The van der Waals surface area contributed by atoms with Crippen LogP contribution in [0.5, 0.6) is 0 Å². The van der Waals surface area contributed by atoms with E-state index in [0.29, 0.717) is 29.3 Å². The molecule has 6 aliphatic rings. The average molecular weight is 426 g/mol. The highest BCUT2D eigenvalue weighted by Gasteiger charge is 2.58. The van der Waals surface area contributed by atoms with Crippen LogP contribution in [0.1, 0.15) is 91.4 Å². The molecule has 5 fully saturated rings. The third-order valence-electron chi connectivity index (χ3n) is 11.2. The highest BCUT2D eigenvalue weighted by molar-refractivity contribution is 5.79. The van der Waals surface area contributed by atoms with Crippen LogP contribution in [-0.2, 0) is 9.53 Å². The Bertz CT molecular complexity index is 803. The lowest BCUT2D eigenvalue weighted by Crippen LogP contribution is -2.46. The highest BCUT2D eigenvalue weighted by Crippen LogP contribution is 2.64. The fraction of sp³-hybridized carbons (Fsp3) is 0.893. The van der Waals surface area contributed by atoms with Crippen molar-refractivity contribution < 1.29 is 9.53 Å². The van der Waals surface area contributed by atoms with Crippen molar-refractivity contribution in [2.24, 2.45) is 35.0 Å². The van der Waals surface area contributed by atoms with Crippen LogP contribution in [0.4, 0.5) is 0 Å². The molecule has 0 radical (unpaired) electrons. The van der Waals surface area contributed by atoms with E-state index in [9.17, 15) is 4.79 Å². The maximum atomic E-state index is 12.2. The second-order valence-electron chi connectivity index (χ2n) is 13.0. The van der Waals surface area contributed by atoms with Gasteiger partial charge in [0.25, 0.3) is 0 Å². The van der Waals surface area contributed by atoms with Crippen molar-refractivity contribution in [2.45, 2.75) is 109 Å².